The predicted molar refractivity (Wildman–Crippen MR) is 74.8 cm³/mol. The van der Waals surface area contributed by atoms with E-state index in [0.717, 1.165) is 5.56 Å². The summed E-state index contributed by atoms with van der Waals surface area (Å²) in [5, 5.41) is 0. The predicted octanol–water partition coefficient (Wildman–Crippen LogP) is 4.04. The summed E-state index contributed by atoms with van der Waals surface area (Å²) in [4.78, 5) is 0. The molecule has 2 rings (SSSR count). The molecule has 0 aromatic heterocycles. The van der Waals surface area contributed by atoms with Crippen molar-refractivity contribution >= 4 is 17.7 Å². The van der Waals surface area contributed by atoms with E-state index in [1.807, 2.05) is 12.1 Å². The van der Waals surface area contributed by atoms with Gasteiger partial charge in [0.05, 0.1) is 0 Å². The molecule has 0 amide bonds. The molecular formula is C15H17FGe. The second kappa shape index (κ2) is 4.65. The zero-order valence-corrected chi connectivity index (χ0v) is 12.6. The normalized spacial score (nSPS) is 11.5. The summed E-state index contributed by atoms with van der Waals surface area (Å²) in [6, 6.07) is 15.4. The van der Waals surface area contributed by atoms with Gasteiger partial charge >= 0.3 is 105 Å². The molecule has 0 atom stereocenters. The van der Waals surface area contributed by atoms with E-state index in [1.54, 1.807) is 0 Å². The summed E-state index contributed by atoms with van der Waals surface area (Å²) < 4.78 is 14.4. The molecule has 17 heavy (non-hydrogen) atoms. The third-order valence-corrected chi connectivity index (χ3v) is 7.19. The number of rotatable bonds is 2. The molecule has 0 radical (unpaired) electrons. The van der Waals surface area contributed by atoms with Gasteiger partial charge in [0.2, 0.25) is 0 Å². The molecule has 0 N–H and O–H groups in total. The van der Waals surface area contributed by atoms with Gasteiger partial charge in [-0.1, -0.05) is 0 Å². The quantitative estimate of drug-likeness (QED) is 0.732. The van der Waals surface area contributed by atoms with Crippen LogP contribution in [0.4, 0.5) is 4.39 Å². The molecule has 0 fully saturated rings. The molecule has 88 valence electrons. The Hall–Kier alpha value is -1.09. The van der Waals surface area contributed by atoms with Crippen LogP contribution in [0.3, 0.4) is 0 Å². The average molecular weight is 289 g/mol. The van der Waals surface area contributed by atoms with Gasteiger partial charge in [-0.05, 0) is 0 Å². The Bertz CT molecular complexity index is 509. The number of hydrogen-bond acceptors (Lipinski definition) is 0. The van der Waals surface area contributed by atoms with E-state index < -0.39 is 13.3 Å². The van der Waals surface area contributed by atoms with Crippen LogP contribution in [0.2, 0.25) is 17.3 Å². The minimum absolute atomic E-state index is 0.182. The Morgan fingerprint density at radius 1 is 0.824 bits per heavy atom. The molecular weight excluding hydrogens is 272 g/mol. The monoisotopic (exact) mass is 290 g/mol. The van der Waals surface area contributed by atoms with Gasteiger partial charge in [-0.25, -0.2) is 0 Å². The second-order valence-corrected chi connectivity index (χ2v) is 16.0. The van der Waals surface area contributed by atoms with Crippen LogP contribution < -0.4 is 4.40 Å². The summed E-state index contributed by atoms with van der Waals surface area (Å²) >= 11 is -1.78. The van der Waals surface area contributed by atoms with Crippen LogP contribution in [0.15, 0.2) is 48.5 Å². The van der Waals surface area contributed by atoms with Crippen molar-refractivity contribution in [1.29, 1.82) is 0 Å². The average Bonchev–Trinajstić information content (AvgIpc) is 2.29. The van der Waals surface area contributed by atoms with Crippen LogP contribution in [0.5, 0.6) is 0 Å². The van der Waals surface area contributed by atoms with E-state index in [-0.39, 0.29) is 5.82 Å². The molecule has 2 heteroatoms. The fourth-order valence-electron chi connectivity index (χ4n) is 1.81. The summed E-state index contributed by atoms with van der Waals surface area (Å²) in [6.45, 7) is 0. The van der Waals surface area contributed by atoms with Gasteiger partial charge in [0.1, 0.15) is 0 Å². The van der Waals surface area contributed by atoms with Gasteiger partial charge in [0, 0.05) is 0 Å². The molecule has 0 heterocycles. The molecule has 0 bridgehead atoms. The fraction of sp³-hybridized carbons (Fsp3) is 0.200. The molecule has 2 aromatic rings. The van der Waals surface area contributed by atoms with Crippen LogP contribution >= 0.6 is 0 Å². The maximum atomic E-state index is 12.9. The SMILES string of the molecule is [CH3][Ge]([CH3])([CH3])[c]1cccc(-c2ccc(F)cc2)c1. The van der Waals surface area contributed by atoms with Crippen molar-refractivity contribution < 1.29 is 4.39 Å². The Morgan fingerprint density at radius 3 is 2.06 bits per heavy atom. The number of benzene rings is 2. The molecule has 0 saturated carbocycles. The van der Waals surface area contributed by atoms with Gasteiger partial charge < -0.3 is 0 Å². The summed E-state index contributed by atoms with van der Waals surface area (Å²) in [7, 11) is 0. The van der Waals surface area contributed by atoms with Crippen LogP contribution in [-0.2, 0) is 0 Å². The van der Waals surface area contributed by atoms with Gasteiger partial charge in [-0.3, -0.25) is 0 Å². The standard InChI is InChI=1S/C15H17FGe/c1-17(2,3)15-6-4-5-13(11-15)12-7-9-14(16)10-8-12/h4-11H,1-3H3. The summed E-state index contributed by atoms with van der Waals surface area (Å²) in [5.74, 6) is 6.95. The zero-order valence-electron chi connectivity index (χ0n) is 10.5. The van der Waals surface area contributed by atoms with E-state index in [4.69, 9.17) is 0 Å². The van der Waals surface area contributed by atoms with E-state index in [1.165, 1.54) is 22.1 Å². The maximum absolute atomic E-state index is 12.9. The Morgan fingerprint density at radius 2 is 1.47 bits per heavy atom. The molecule has 0 unspecified atom stereocenters. The molecule has 0 spiro atoms. The van der Waals surface area contributed by atoms with E-state index in [0.29, 0.717) is 0 Å². The third kappa shape index (κ3) is 2.97. The summed E-state index contributed by atoms with van der Waals surface area (Å²) in [5.41, 5.74) is 2.27. The molecule has 0 aliphatic rings. The van der Waals surface area contributed by atoms with Crippen LogP contribution in [0.1, 0.15) is 0 Å². The van der Waals surface area contributed by atoms with E-state index >= 15 is 0 Å². The van der Waals surface area contributed by atoms with Crippen molar-refractivity contribution in [1.82, 2.24) is 0 Å². The molecule has 2 aromatic carbocycles. The first-order valence-electron chi connectivity index (χ1n) is 5.83. The number of hydrogen-bond donors (Lipinski definition) is 0. The van der Waals surface area contributed by atoms with Crippen molar-refractivity contribution in [3.63, 3.8) is 0 Å². The van der Waals surface area contributed by atoms with Crippen molar-refractivity contribution in [2.45, 2.75) is 17.3 Å². The zero-order chi connectivity index (χ0) is 12.5. The van der Waals surface area contributed by atoms with E-state index in [2.05, 4.69) is 41.5 Å². The molecule has 0 aliphatic heterocycles. The molecule has 0 nitrogen and oxygen atoms in total. The second-order valence-electron chi connectivity index (χ2n) is 5.34. The van der Waals surface area contributed by atoms with Crippen LogP contribution in [0.25, 0.3) is 11.1 Å². The van der Waals surface area contributed by atoms with Crippen molar-refractivity contribution in [3.8, 4) is 11.1 Å². The Balaban J connectivity index is 2.43. The van der Waals surface area contributed by atoms with Gasteiger partial charge in [0.25, 0.3) is 0 Å². The third-order valence-electron chi connectivity index (χ3n) is 2.91. The van der Waals surface area contributed by atoms with Crippen LogP contribution in [0, 0.1) is 5.82 Å². The van der Waals surface area contributed by atoms with Gasteiger partial charge in [-0.2, -0.15) is 0 Å². The van der Waals surface area contributed by atoms with Gasteiger partial charge in [0.15, 0.2) is 0 Å². The fourth-order valence-corrected chi connectivity index (χ4v) is 4.29. The van der Waals surface area contributed by atoms with Crippen molar-refractivity contribution in [3.05, 3.63) is 54.3 Å². The minimum atomic E-state index is -1.78. The topological polar surface area (TPSA) is 0 Å². The molecule has 0 aliphatic carbocycles. The molecule has 0 saturated heterocycles. The van der Waals surface area contributed by atoms with Gasteiger partial charge in [-0.15, -0.1) is 0 Å². The Labute approximate surface area is 105 Å². The first-order valence-corrected chi connectivity index (χ1v) is 13.2. The van der Waals surface area contributed by atoms with Crippen molar-refractivity contribution in [2.75, 3.05) is 0 Å². The summed E-state index contributed by atoms with van der Waals surface area (Å²) in [6.07, 6.45) is 0. The Kier molecular flexibility index (Phi) is 3.38. The van der Waals surface area contributed by atoms with Crippen LogP contribution in [-0.4, -0.2) is 13.3 Å². The first-order chi connectivity index (χ1) is 7.97. The number of halogens is 1. The van der Waals surface area contributed by atoms with Crippen molar-refractivity contribution in [2.24, 2.45) is 0 Å². The first kappa shape index (κ1) is 12.4. The van der Waals surface area contributed by atoms with E-state index in [9.17, 15) is 4.39 Å².